The minimum atomic E-state index is 0.200. The number of halogens is 2. The van der Waals surface area contributed by atoms with E-state index in [9.17, 15) is 5.11 Å². The minimum absolute atomic E-state index is 0.200. The first kappa shape index (κ1) is 12.1. The maximum atomic E-state index is 9.22. The van der Waals surface area contributed by atoms with Gasteiger partial charge in [-0.15, -0.1) is 0 Å². The van der Waals surface area contributed by atoms with Crippen LogP contribution < -0.4 is 0 Å². The largest absolute Gasteiger partial charge is 0.395 e. The molecule has 1 N–H and O–H groups in total. The summed E-state index contributed by atoms with van der Waals surface area (Å²) in [7, 11) is 0. The Morgan fingerprint density at radius 3 is 3.00 bits per heavy atom. The molecule has 1 aromatic rings. The van der Waals surface area contributed by atoms with Crippen LogP contribution in [0.5, 0.6) is 0 Å². The lowest BCUT2D eigenvalue weighted by molar-refractivity contribution is 0.153. The molecule has 0 unspecified atom stereocenters. The average molecular weight is 261 g/mol. The molecule has 0 aliphatic carbocycles. The SMILES string of the molecule is OC[C@H]1CCCN1Cc1cncc(Cl)c1Cl. The van der Waals surface area contributed by atoms with Crippen LogP contribution in [0.4, 0.5) is 0 Å². The third-order valence-corrected chi connectivity index (χ3v) is 3.82. The fourth-order valence-corrected chi connectivity index (χ4v) is 2.43. The second-order valence-corrected chi connectivity index (χ2v) is 4.83. The highest BCUT2D eigenvalue weighted by molar-refractivity contribution is 6.42. The van der Waals surface area contributed by atoms with E-state index in [0.717, 1.165) is 24.9 Å². The fraction of sp³-hybridized carbons (Fsp3) is 0.545. The number of aliphatic hydroxyl groups excluding tert-OH is 1. The van der Waals surface area contributed by atoms with Gasteiger partial charge in [0.2, 0.25) is 0 Å². The van der Waals surface area contributed by atoms with E-state index in [0.29, 0.717) is 16.6 Å². The third-order valence-electron chi connectivity index (χ3n) is 2.99. The molecular weight excluding hydrogens is 247 g/mol. The zero-order chi connectivity index (χ0) is 11.5. The molecule has 0 radical (unpaired) electrons. The Kier molecular flexibility index (Phi) is 4.03. The maximum absolute atomic E-state index is 9.22. The minimum Gasteiger partial charge on any atom is -0.395 e. The quantitative estimate of drug-likeness (QED) is 0.907. The van der Waals surface area contributed by atoms with Crippen molar-refractivity contribution in [3.8, 4) is 0 Å². The molecule has 1 aliphatic rings. The van der Waals surface area contributed by atoms with E-state index < -0.39 is 0 Å². The van der Waals surface area contributed by atoms with Gasteiger partial charge in [0.15, 0.2) is 0 Å². The van der Waals surface area contributed by atoms with Gasteiger partial charge in [0, 0.05) is 30.5 Å². The summed E-state index contributed by atoms with van der Waals surface area (Å²) in [6, 6.07) is 0.245. The van der Waals surface area contributed by atoms with Crippen LogP contribution in [0, 0.1) is 0 Å². The summed E-state index contributed by atoms with van der Waals surface area (Å²) in [4.78, 5) is 6.25. The first-order valence-corrected chi connectivity index (χ1v) is 6.10. The molecule has 2 heterocycles. The third kappa shape index (κ3) is 2.48. The topological polar surface area (TPSA) is 36.4 Å². The number of hydrogen-bond donors (Lipinski definition) is 1. The molecule has 1 atom stereocenters. The van der Waals surface area contributed by atoms with E-state index in [1.54, 1.807) is 12.4 Å². The van der Waals surface area contributed by atoms with Gasteiger partial charge in [-0.3, -0.25) is 9.88 Å². The zero-order valence-electron chi connectivity index (χ0n) is 8.87. The fourth-order valence-electron chi connectivity index (χ4n) is 2.10. The van der Waals surface area contributed by atoms with Crippen LogP contribution in [0.25, 0.3) is 0 Å². The van der Waals surface area contributed by atoms with E-state index in [-0.39, 0.29) is 12.6 Å². The smallest absolute Gasteiger partial charge is 0.0778 e. The van der Waals surface area contributed by atoms with Gasteiger partial charge in [0.25, 0.3) is 0 Å². The van der Waals surface area contributed by atoms with Crippen LogP contribution in [0.1, 0.15) is 18.4 Å². The van der Waals surface area contributed by atoms with Gasteiger partial charge < -0.3 is 5.11 Å². The van der Waals surface area contributed by atoms with Crippen molar-refractivity contribution in [2.24, 2.45) is 0 Å². The summed E-state index contributed by atoms with van der Waals surface area (Å²) in [5.74, 6) is 0. The van der Waals surface area contributed by atoms with Crippen LogP contribution >= 0.6 is 23.2 Å². The Hall–Kier alpha value is -0.350. The van der Waals surface area contributed by atoms with Crippen LogP contribution in [0.3, 0.4) is 0 Å². The Morgan fingerprint density at radius 1 is 1.44 bits per heavy atom. The second kappa shape index (κ2) is 5.32. The number of pyridine rings is 1. The highest BCUT2D eigenvalue weighted by atomic mass is 35.5. The molecule has 1 aliphatic heterocycles. The summed E-state index contributed by atoms with van der Waals surface area (Å²) in [6.45, 7) is 1.90. The molecule has 0 bridgehead atoms. The Labute approximate surface area is 105 Å². The van der Waals surface area contributed by atoms with E-state index in [4.69, 9.17) is 23.2 Å². The van der Waals surface area contributed by atoms with Crippen LogP contribution in [0.2, 0.25) is 10.0 Å². The predicted molar refractivity (Wildman–Crippen MR) is 64.8 cm³/mol. The van der Waals surface area contributed by atoms with Gasteiger partial charge in [0.1, 0.15) is 0 Å². The van der Waals surface area contributed by atoms with Crippen molar-refractivity contribution < 1.29 is 5.11 Å². The van der Waals surface area contributed by atoms with Gasteiger partial charge in [-0.25, -0.2) is 0 Å². The number of aliphatic hydroxyl groups is 1. The first-order valence-electron chi connectivity index (χ1n) is 5.35. The van der Waals surface area contributed by atoms with Crippen molar-refractivity contribution in [3.63, 3.8) is 0 Å². The monoisotopic (exact) mass is 260 g/mol. The molecule has 0 aromatic carbocycles. The number of nitrogens with zero attached hydrogens (tertiary/aromatic N) is 2. The molecule has 3 nitrogen and oxygen atoms in total. The van der Waals surface area contributed by atoms with E-state index in [1.807, 2.05) is 0 Å². The molecule has 5 heteroatoms. The standard InChI is InChI=1S/C11H14Cl2N2O/c12-10-5-14-4-8(11(10)13)6-15-3-1-2-9(15)7-16/h4-5,9,16H,1-3,6-7H2/t9-/m1/s1. The van der Waals surface area contributed by atoms with E-state index in [2.05, 4.69) is 9.88 Å². The van der Waals surface area contributed by atoms with Gasteiger partial charge in [-0.1, -0.05) is 23.2 Å². The van der Waals surface area contributed by atoms with Gasteiger partial charge in [0.05, 0.1) is 16.7 Å². The van der Waals surface area contributed by atoms with E-state index in [1.165, 1.54) is 0 Å². The van der Waals surface area contributed by atoms with Gasteiger partial charge in [-0.2, -0.15) is 0 Å². The lowest BCUT2D eigenvalue weighted by Crippen LogP contribution is -2.31. The zero-order valence-corrected chi connectivity index (χ0v) is 10.4. The van der Waals surface area contributed by atoms with Crippen molar-refractivity contribution >= 4 is 23.2 Å². The van der Waals surface area contributed by atoms with Crippen LogP contribution in [0.15, 0.2) is 12.4 Å². The first-order chi connectivity index (χ1) is 7.72. The van der Waals surface area contributed by atoms with Gasteiger partial charge >= 0.3 is 0 Å². The summed E-state index contributed by atoms with van der Waals surface area (Å²) in [5.41, 5.74) is 0.925. The summed E-state index contributed by atoms with van der Waals surface area (Å²) in [5, 5.41) is 10.3. The molecule has 2 rings (SSSR count). The molecule has 0 saturated carbocycles. The predicted octanol–water partition coefficient (Wildman–Crippen LogP) is 2.35. The lowest BCUT2D eigenvalue weighted by atomic mass is 10.2. The van der Waals surface area contributed by atoms with Crippen molar-refractivity contribution in [2.45, 2.75) is 25.4 Å². The average Bonchev–Trinajstić information content (AvgIpc) is 2.72. The van der Waals surface area contributed by atoms with Crippen LogP contribution in [-0.4, -0.2) is 34.2 Å². The Morgan fingerprint density at radius 2 is 2.25 bits per heavy atom. The maximum Gasteiger partial charge on any atom is 0.0778 e. The number of likely N-dealkylation sites (tertiary alicyclic amines) is 1. The molecule has 1 saturated heterocycles. The molecule has 0 spiro atoms. The number of rotatable bonds is 3. The molecule has 0 amide bonds. The van der Waals surface area contributed by atoms with Crippen molar-refractivity contribution in [3.05, 3.63) is 28.0 Å². The summed E-state index contributed by atoms with van der Waals surface area (Å²) >= 11 is 12.0. The highest BCUT2D eigenvalue weighted by Gasteiger charge is 2.24. The molecule has 1 fully saturated rings. The molecule has 16 heavy (non-hydrogen) atoms. The molecule has 88 valence electrons. The molecule has 1 aromatic heterocycles. The summed E-state index contributed by atoms with van der Waals surface area (Å²) < 4.78 is 0. The summed E-state index contributed by atoms with van der Waals surface area (Å²) in [6.07, 6.45) is 5.45. The van der Waals surface area contributed by atoms with Crippen LogP contribution in [-0.2, 0) is 6.54 Å². The second-order valence-electron chi connectivity index (χ2n) is 4.04. The van der Waals surface area contributed by atoms with Crippen molar-refractivity contribution in [1.82, 2.24) is 9.88 Å². The Bertz CT molecular complexity index is 373. The normalized spacial score (nSPS) is 21.6. The molecular formula is C11H14Cl2N2O. The lowest BCUT2D eigenvalue weighted by Gasteiger charge is -2.22. The highest BCUT2D eigenvalue weighted by Crippen LogP contribution is 2.27. The number of aromatic nitrogens is 1. The number of hydrogen-bond acceptors (Lipinski definition) is 3. The van der Waals surface area contributed by atoms with Gasteiger partial charge in [-0.05, 0) is 19.4 Å². The van der Waals surface area contributed by atoms with Crippen molar-refractivity contribution in [2.75, 3.05) is 13.2 Å². The Balaban J connectivity index is 2.11. The van der Waals surface area contributed by atoms with E-state index >= 15 is 0 Å². The van der Waals surface area contributed by atoms with Crippen molar-refractivity contribution in [1.29, 1.82) is 0 Å².